The van der Waals surface area contributed by atoms with E-state index in [2.05, 4.69) is 10.6 Å². The number of carbonyl (C=O) groups excluding carboxylic acids is 2. The van der Waals surface area contributed by atoms with Crippen LogP contribution in [0.25, 0.3) is 22.2 Å². The number of benzene rings is 2. The van der Waals surface area contributed by atoms with Crippen LogP contribution in [-0.4, -0.2) is 29.9 Å². The number of halogens is 1. The zero-order valence-corrected chi connectivity index (χ0v) is 17.5. The summed E-state index contributed by atoms with van der Waals surface area (Å²) in [6.07, 6.45) is 2.06. The molecule has 2 aromatic carbocycles. The van der Waals surface area contributed by atoms with E-state index in [1.807, 2.05) is 60.7 Å². The molecule has 0 atom stereocenters. The van der Waals surface area contributed by atoms with E-state index in [-0.39, 0.29) is 30.0 Å². The van der Waals surface area contributed by atoms with Crippen LogP contribution in [0.15, 0.2) is 83.5 Å². The van der Waals surface area contributed by atoms with Crippen molar-refractivity contribution in [3.05, 3.63) is 90.4 Å². The van der Waals surface area contributed by atoms with Crippen molar-refractivity contribution in [1.82, 2.24) is 15.6 Å². The summed E-state index contributed by atoms with van der Waals surface area (Å²) in [7, 11) is 0. The van der Waals surface area contributed by atoms with Crippen molar-refractivity contribution < 1.29 is 14.0 Å². The van der Waals surface area contributed by atoms with Gasteiger partial charge in [-0.2, -0.15) is 0 Å². The molecular weight excluding hydrogens is 414 g/mol. The molecule has 4 rings (SSSR count). The van der Waals surface area contributed by atoms with E-state index in [1.165, 1.54) is 6.26 Å². The zero-order valence-electron chi connectivity index (χ0n) is 16.7. The van der Waals surface area contributed by atoms with Crippen molar-refractivity contribution in [3.8, 4) is 11.3 Å². The van der Waals surface area contributed by atoms with Gasteiger partial charge in [0.05, 0.1) is 23.0 Å². The van der Waals surface area contributed by atoms with Gasteiger partial charge in [0.15, 0.2) is 5.76 Å². The minimum Gasteiger partial charge on any atom is -0.459 e. The summed E-state index contributed by atoms with van der Waals surface area (Å²) in [6.45, 7) is 0.876. The van der Waals surface area contributed by atoms with Gasteiger partial charge >= 0.3 is 0 Å². The molecule has 0 unspecified atom stereocenters. The van der Waals surface area contributed by atoms with E-state index >= 15 is 0 Å². The second-order valence-electron chi connectivity index (χ2n) is 6.78. The first-order chi connectivity index (χ1) is 14.7. The highest BCUT2D eigenvalue weighted by Crippen LogP contribution is 2.24. The summed E-state index contributed by atoms with van der Waals surface area (Å²) in [4.78, 5) is 29.4. The summed E-state index contributed by atoms with van der Waals surface area (Å²) in [6, 6.07) is 22.5. The Bertz CT molecular complexity index is 1160. The Morgan fingerprint density at radius 1 is 0.839 bits per heavy atom. The smallest absolute Gasteiger partial charge is 0.286 e. The molecule has 0 aliphatic carbocycles. The lowest BCUT2D eigenvalue weighted by Crippen LogP contribution is -2.29. The highest BCUT2D eigenvalue weighted by molar-refractivity contribution is 6.07. The zero-order chi connectivity index (χ0) is 20.8. The van der Waals surface area contributed by atoms with Gasteiger partial charge in [-0.25, -0.2) is 4.98 Å². The molecule has 0 saturated carbocycles. The Labute approximate surface area is 186 Å². The van der Waals surface area contributed by atoms with E-state index < -0.39 is 0 Å². The lowest BCUT2D eigenvalue weighted by atomic mass is 10.0. The number of hydrogen-bond acceptors (Lipinski definition) is 4. The first-order valence-corrected chi connectivity index (χ1v) is 9.77. The van der Waals surface area contributed by atoms with Gasteiger partial charge in [-0.05, 0) is 30.7 Å². The standard InChI is InChI=1S/C24H21N3O3.ClH/c28-23(25-13-7-14-26-24(29)22-12-6-15-30-22)19-16-21(17-8-2-1-3-9-17)27-20-11-5-4-10-18(19)20;/h1-6,8-12,15-16H,7,13-14H2,(H,25,28)(H,26,29);1H. The van der Waals surface area contributed by atoms with Gasteiger partial charge in [0.2, 0.25) is 0 Å². The van der Waals surface area contributed by atoms with Crippen LogP contribution in [0.4, 0.5) is 0 Å². The van der Waals surface area contributed by atoms with Gasteiger partial charge in [-0.15, -0.1) is 12.4 Å². The number of carbonyl (C=O) groups is 2. The van der Waals surface area contributed by atoms with Gasteiger partial charge in [-0.1, -0.05) is 48.5 Å². The normalized spacial score (nSPS) is 10.3. The van der Waals surface area contributed by atoms with E-state index in [0.717, 1.165) is 22.2 Å². The summed E-state index contributed by atoms with van der Waals surface area (Å²) >= 11 is 0. The summed E-state index contributed by atoms with van der Waals surface area (Å²) in [5.41, 5.74) is 3.07. The van der Waals surface area contributed by atoms with Crippen molar-refractivity contribution in [2.75, 3.05) is 13.1 Å². The van der Waals surface area contributed by atoms with Gasteiger partial charge in [0.25, 0.3) is 11.8 Å². The van der Waals surface area contributed by atoms with Crippen molar-refractivity contribution in [1.29, 1.82) is 0 Å². The van der Waals surface area contributed by atoms with Crippen LogP contribution in [0.5, 0.6) is 0 Å². The quantitative estimate of drug-likeness (QED) is 0.419. The first-order valence-electron chi connectivity index (χ1n) is 9.77. The molecule has 0 fully saturated rings. The largest absolute Gasteiger partial charge is 0.459 e. The minimum absolute atomic E-state index is 0. The molecule has 0 bridgehead atoms. The monoisotopic (exact) mass is 435 g/mol. The van der Waals surface area contributed by atoms with Gasteiger partial charge in [-0.3, -0.25) is 9.59 Å². The third-order valence-electron chi connectivity index (χ3n) is 4.70. The van der Waals surface area contributed by atoms with Crippen LogP contribution in [0.3, 0.4) is 0 Å². The van der Waals surface area contributed by atoms with E-state index in [9.17, 15) is 9.59 Å². The van der Waals surface area contributed by atoms with Crippen LogP contribution in [0.1, 0.15) is 27.3 Å². The molecule has 31 heavy (non-hydrogen) atoms. The molecular formula is C24H22ClN3O3. The Kier molecular flexibility index (Phi) is 7.40. The molecule has 158 valence electrons. The van der Waals surface area contributed by atoms with Gasteiger partial charge in [0.1, 0.15) is 0 Å². The van der Waals surface area contributed by atoms with Crippen LogP contribution in [0.2, 0.25) is 0 Å². The Hall–Kier alpha value is -3.64. The molecule has 0 radical (unpaired) electrons. The SMILES string of the molecule is Cl.O=C(NCCCNC(=O)c1cc(-c2ccccc2)nc2ccccc12)c1ccco1. The number of rotatable bonds is 7. The average Bonchev–Trinajstić information content (AvgIpc) is 3.33. The molecule has 6 nitrogen and oxygen atoms in total. The van der Waals surface area contributed by atoms with Crippen molar-refractivity contribution >= 4 is 35.1 Å². The number of fused-ring (bicyclic) bond motifs is 1. The maximum absolute atomic E-state index is 12.9. The summed E-state index contributed by atoms with van der Waals surface area (Å²) < 4.78 is 5.05. The van der Waals surface area contributed by atoms with E-state index in [4.69, 9.17) is 9.40 Å². The average molecular weight is 436 g/mol. The second-order valence-corrected chi connectivity index (χ2v) is 6.78. The molecule has 2 heterocycles. The van der Waals surface area contributed by atoms with E-state index in [1.54, 1.807) is 12.1 Å². The number of hydrogen-bond donors (Lipinski definition) is 2. The predicted octanol–water partition coefficient (Wildman–Crippen LogP) is 4.47. The lowest BCUT2D eigenvalue weighted by Gasteiger charge is -2.11. The number of nitrogens with zero attached hydrogens (tertiary/aromatic N) is 1. The number of nitrogens with one attached hydrogen (secondary N) is 2. The Balaban J connectivity index is 0.00000272. The molecule has 4 aromatic rings. The highest BCUT2D eigenvalue weighted by Gasteiger charge is 2.14. The molecule has 0 saturated heterocycles. The number of furan rings is 1. The topological polar surface area (TPSA) is 84.2 Å². The fourth-order valence-corrected chi connectivity index (χ4v) is 3.20. The van der Waals surface area contributed by atoms with Crippen molar-refractivity contribution in [2.24, 2.45) is 0 Å². The second kappa shape index (κ2) is 10.4. The van der Waals surface area contributed by atoms with Crippen LogP contribution >= 0.6 is 12.4 Å². The molecule has 0 spiro atoms. The Morgan fingerprint density at radius 2 is 1.55 bits per heavy atom. The summed E-state index contributed by atoms with van der Waals surface area (Å²) in [5, 5.41) is 6.51. The molecule has 0 aliphatic heterocycles. The molecule has 2 amide bonds. The van der Waals surface area contributed by atoms with Crippen molar-refractivity contribution in [2.45, 2.75) is 6.42 Å². The number of pyridine rings is 1. The fraction of sp³-hybridized carbons (Fsp3) is 0.125. The molecule has 2 N–H and O–H groups in total. The molecule has 2 aromatic heterocycles. The summed E-state index contributed by atoms with van der Waals surface area (Å²) in [5.74, 6) is -0.155. The third-order valence-corrected chi connectivity index (χ3v) is 4.70. The number of aromatic nitrogens is 1. The molecule has 7 heteroatoms. The van der Waals surface area contributed by atoms with E-state index in [0.29, 0.717) is 25.1 Å². The minimum atomic E-state index is -0.265. The maximum atomic E-state index is 12.9. The Morgan fingerprint density at radius 3 is 2.29 bits per heavy atom. The van der Waals surface area contributed by atoms with Crippen LogP contribution in [0, 0.1) is 0 Å². The maximum Gasteiger partial charge on any atom is 0.286 e. The first kappa shape index (κ1) is 22.1. The predicted molar refractivity (Wildman–Crippen MR) is 122 cm³/mol. The highest BCUT2D eigenvalue weighted by atomic mass is 35.5. The van der Waals surface area contributed by atoms with Crippen molar-refractivity contribution in [3.63, 3.8) is 0 Å². The van der Waals surface area contributed by atoms with Gasteiger partial charge < -0.3 is 15.1 Å². The molecule has 0 aliphatic rings. The van der Waals surface area contributed by atoms with Crippen LogP contribution in [-0.2, 0) is 0 Å². The van der Waals surface area contributed by atoms with Crippen LogP contribution < -0.4 is 10.6 Å². The van der Waals surface area contributed by atoms with Gasteiger partial charge in [0, 0.05) is 24.0 Å². The number of para-hydroxylation sites is 1. The fourth-order valence-electron chi connectivity index (χ4n) is 3.20. The third kappa shape index (κ3) is 5.29. The number of amides is 2. The lowest BCUT2D eigenvalue weighted by molar-refractivity contribution is 0.0925.